The Balaban J connectivity index is 2.82. The van der Waals surface area contributed by atoms with Crippen molar-refractivity contribution in [3.05, 3.63) is 11.1 Å². The molecule has 1 rings (SSSR count). The molecule has 0 aliphatic rings. The van der Waals surface area contributed by atoms with Crippen molar-refractivity contribution in [2.24, 2.45) is 5.92 Å². The standard InChI is InChI=1S/C8H12N2OS/c1-5(2)7(11)6-4-12-8(9-3)10-6/h4-5H,1-3H3,(H,9,10). The average molecular weight is 184 g/mol. The maximum absolute atomic E-state index is 11.4. The minimum absolute atomic E-state index is 0.0248. The van der Waals surface area contributed by atoms with Crippen LogP contribution >= 0.6 is 11.3 Å². The van der Waals surface area contributed by atoms with Gasteiger partial charge in [0.15, 0.2) is 10.9 Å². The van der Waals surface area contributed by atoms with Gasteiger partial charge in [-0.3, -0.25) is 4.79 Å². The van der Waals surface area contributed by atoms with Crippen molar-refractivity contribution in [3.8, 4) is 0 Å². The summed E-state index contributed by atoms with van der Waals surface area (Å²) < 4.78 is 0. The number of Topliss-reactive ketones (excluding diaryl/α,β-unsaturated/α-hetero) is 1. The predicted molar refractivity (Wildman–Crippen MR) is 50.8 cm³/mol. The summed E-state index contributed by atoms with van der Waals surface area (Å²) in [6.45, 7) is 3.75. The Morgan fingerprint density at radius 3 is 2.75 bits per heavy atom. The lowest BCUT2D eigenvalue weighted by Crippen LogP contribution is -2.07. The fraction of sp³-hybridized carbons (Fsp3) is 0.500. The van der Waals surface area contributed by atoms with Crippen molar-refractivity contribution in [2.45, 2.75) is 13.8 Å². The van der Waals surface area contributed by atoms with Gasteiger partial charge in [0, 0.05) is 18.3 Å². The lowest BCUT2D eigenvalue weighted by atomic mass is 10.1. The van der Waals surface area contributed by atoms with Crippen molar-refractivity contribution in [3.63, 3.8) is 0 Å². The molecule has 0 amide bonds. The zero-order valence-electron chi connectivity index (χ0n) is 7.42. The quantitative estimate of drug-likeness (QED) is 0.731. The van der Waals surface area contributed by atoms with E-state index in [1.807, 2.05) is 13.8 Å². The molecule has 0 aromatic carbocycles. The van der Waals surface area contributed by atoms with Crippen molar-refractivity contribution in [2.75, 3.05) is 12.4 Å². The first-order valence-corrected chi connectivity index (χ1v) is 4.70. The molecule has 0 bridgehead atoms. The Labute approximate surface area is 75.8 Å². The van der Waals surface area contributed by atoms with E-state index in [4.69, 9.17) is 0 Å². The third-order valence-corrected chi connectivity index (χ3v) is 2.35. The summed E-state index contributed by atoms with van der Waals surface area (Å²) in [6, 6.07) is 0. The first-order chi connectivity index (χ1) is 5.65. The topological polar surface area (TPSA) is 42.0 Å². The monoisotopic (exact) mass is 184 g/mol. The lowest BCUT2D eigenvalue weighted by molar-refractivity contribution is 0.0935. The van der Waals surface area contributed by atoms with E-state index in [0.29, 0.717) is 5.69 Å². The molecular formula is C8H12N2OS. The van der Waals surface area contributed by atoms with Crippen LogP contribution in [-0.4, -0.2) is 17.8 Å². The van der Waals surface area contributed by atoms with E-state index < -0.39 is 0 Å². The Bertz CT molecular complexity index is 280. The van der Waals surface area contributed by atoms with E-state index in [1.54, 1.807) is 12.4 Å². The summed E-state index contributed by atoms with van der Waals surface area (Å²) in [5.41, 5.74) is 0.569. The number of carbonyl (C=O) groups excluding carboxylic acids is 1. The molecule has 0 aliphatic heterocycles. The van der Waals surface area contributed by atoms with Gasteiger partial charge in [-0.25, -0.2) is 4.98 Å². The van der Waals surface area contributed by atoms with Gasteiger partial charge < -0.3 is 5.32 Å². The van der Waals surface area contributed by atoms with Crippen LogP contribution in [-0.2, 0) is 0 Å². The molecule has 12 heavy (non-hydrogen) atoms. The molecule has 0 aliphatic carbocycles. The smallest absolute Gasteiger partial charge is 0.184 e. The molecule has 4 heteroatoms. The summed E-state index contributed by atoms with van der Waals surface area (Å²) in [4.78, 5) is 15.5. The average Bonchev–Trinajstić information content (AvgIpc) is 2.50. The van der Waals surface area contributed by atoms with E-state index in [0.717, 1.165) is 5.13 Å². The summed E-state index contributed by atoms with van der Waals surface area (Å²) in [6.07, 6.45) is 0. The Morgan fingerprint density at radius 2 is 2.33 bits per heavy atom. The number of hydrogen-bond donors (Lipinski definition) is 1. The fourth-order valence-corrected chi connectivity index (χ4v) is 1.46. The highest BCUT2D eigenvalue weighted by Gasteiger charge is 2.13. The highest BCUT2D eigenvalue weighted by atomic mass is 32.1. The van der Waals surface area contributed by atoms with Crippen LogP contribution in [0.4, 0.5) is 5.13 Å². The van der Waals surface area contributed by atoms with Gasteiger partial charge in [-0.15, -0.1) is 11.3 Å². The van der Waals surface area contributed by atoms with E-state index in [2.05, 4.69) is 10.3 Å². The number of aromatic nitrogens is 1. The lowest BCUT2D eigenvalue weighted by Gasteiger charge is -1.98. The van der Waals surface area contributed by atoms with Crippen molar-refractivity contribution >= 4 is 22.3 Å². The van der Waals surface area contributed by atoms with Crippen molar-refractivity contribution < 1.29 is 4.79 Å². The molecule has 0 spiro atoms. The molecule has 0 saturated heterocycles. The molecular weight excluding hydrogens is 172 g/mol. The number of hydrogen-bond acceptors (Lipinski definition) is 4. The van der Waals surface area contributed by atoms with E-state index in [-0.39, 0.29) is 11.7 Å². The maximum Gasteiger partial charge on any atom is 0.184 e. The van der Waals surface area contributed by atoms with Crippen molar-refractivity contribution in [1.29, 1.82) is 0 Å². The number of anilines is 1. The molecule has 1 aromatic heterocycles. The van der Waals surface area contributed by atoms with Crippen LogP contribution in [0.1, 0.15) is 24.3 Å². The van der Waals surface area contributed by atoms with Crippen LogP contribution in [0.5, 0.6) is 0 Å². The van der Waals surface area contributed by atoms with Crippen LogP contribution in [0.2, 0.25) is 0 Å². The Hall–Kier alpha value is -0.900. The Kier molecular flexibility index (Phi) is 2.81. The zero-order chi connectivity index (χ0) is 9.14. The van der Waals surface area contributed by atoms with Crippen LogP contribution in [0.25, 0.3) is 0 Å². The van der Waals surface area contributed by atoms with Gasteiger partial charge in [0.1, 0.15) is 5.69 Å². The minimum Gasteiger partial charge on any atom is -0.365 e. The largest absolute Gasteiger partial charge is 0.365 e. The minimum atomic E-state index is 0.0248. The van der Waals surface area contributed by atoms with Gasteiger partial charge in [-0.2, -0.15) is 0 Å². The van der Waals surface area contributed by atoms with Crippen LogP contribution in [0.3, 0.4) is 0 Å². The van der Waals surface area contributed by atoms with Gasteiger partial charge >= 0.3 is 0 Å². The molecule has 66 valence electrons. The SMILES string of the molecule is CNc1nc(C(=O)C(C)C)cs1. The van der Waals surface area contributed by atoms with Crippen molar-refractivity contribution in [1.82, 2.24) is 4.98 Å². The van der Waals surface area contributed by atoms with E-state index >= 15 is 0 Å². The van der Waals surface area contributed by atoms with Crippen LogP contribution < -0.4 is 5.32 Å². The predicted octanol–water partition coefficient (Wildman–Crippen LogP) is 2.02. The summed E-state index contributed by atoms with van der Waals surface area (Å²) in [5.74, 6) is 0.129. The van der Waals surface area contributed by atoms with Crippen LogP contribution in [0, 0.1) is 5.92 Å². The third kappa shape index (κ3) is 1.82. The van der Waals surface area contributed by atoms with Gasteiger partial charge in [0.05, 0.1) is 0 Å². The molecule has 0 saturated carbocycles. The first-order valence-electron chi connectivity index (χ1n) is 3.82. The number of nitrogens with zero attached hydrogens (tertiary/aromatic N) is 1. The van der Waals surface area contributed by atoms with E-state index in [1.165, 1.54) is 11.3 Å². The molecule has 0 atom stereocenters. The molecule has 1 heterocycles. The van der Waals surface area contributed by atoms with E-state index in [9.17, 15) is 4.79 Å². The number of rotatable bonds is 3. The highest BCUT2D eigenvalue weighted by Crippen LogP contribution is 2.16. The number of thiazole rings is 1. The molecule has 0 radical (unpaired) electrons. The number of nitrogens with one attached hydrogen (secondary N) is 1. The summed E-state index contributed by atoms with van der Waals surface area (Å²) in [5, 5.41) is 5.47. The second-order valence-electron chi connectivity index (χ2n) is 2.81. The van der Waals surface area contributed by atoms with Gasteiger partial charge in [0.25, 0.3) is 0 Å². The second-order valence-corrected chi connectivity index (χ2v) is 3.66. The molecule has 0 fully saturated rings. The third-order valence-electron chi connectivity index (χ3n) is 1.49. The van der Waals surface area contributed by atoms with Gasteiger partial charge in [-0.1, -0.05) is 13.8 Å². The second kappa shape index (κ2) is 3.67. The number of ketones is 1. The summed E-state index contributed by atoms with van der Waals surface area (Å²) in [7, 11) is 1.79. The maximum atomic E-state index is 11.4. The first kappa shape index (κ1) is 9.19. The van der Waals surface area contributed by atoms with Gasteiger partial charge in [-0.05, 0) is 0 Å². The normalized spacial score (nSPS) is 10.3. The molecule has 1 aromatic rings. The van der Waals surface area contributed by atoms with Crippen LogP contribution in [0.15, 0.2) is 5.38 Å². The zero-order valence-corrected chi connectivity index (χ0v) is 8.23. The Morgan fingerprint density at radius 1 is 1.67 bits per heavy atom. The molecule has 1 N–H and O–H groups in total. The van der Waals surface area contributed by atoms with Gasteiger partial charge in [0.2, 0.25) is 0 Å². The summed E-state index contributed by atoms with van der Waals surface area (Å²) >= 11 is 1.45. The molecule has 0 unspecified atom stereocenters. The highest BCUT2D eigenvalue weighted by molar-refractivity contribution is 7.13. The number of carbonyl (C=O) groups is 1. The molecule has 3 nitrogen and oxygen atoms in total. The fourth-order valence-electron chi connectivity index (χ4n) is 0.798.